The number of anilines is 1. The summed E-state index contributed by atoms with van der Waals surface area (Å²) in [5, 5.41) is 20.1. The van der Waals surface area contributed by atoms with E-state index in [2.05, 4.69) is 10.5 Å². The van der Waals surface area contributed by atoms with Crippen molar-refractivity contribution in [2.24, 2.45) is 10.8 Å². The molecule has 0 bridgehead atoms. The van der Waals surface area contributed by atoms with Gasteiger partial charge in [0.25, 0.3) is 0 Å². The summed E-state index contributed by atoms with van der Waals surface area (Å²) >= 11 is 6.06. The number of carbonyl (C=O) groups excluding carboxylic acids is 1. The van der Waals surface area contributed by atoms with Crippen LogP contribution in [0, 0.1) is 23.7 Å². The zero-order valence-corrected chi connectivity index (χ0v) is 13.6. The first-order valence-corrected chi connectivity index (χ1v) is 7.29. The number of ketones is 1. The topological polar surface area (TPSA) is 115 Å². The minimum Gasteiger partial charge on any atom is -0.382 e. The molecule has 0 saturated carbocycles. The molecule has 0 unspecified atom stereocenters. The molecule has 0 aliphatic heterocycles. The second-order valence-corrected chi connectivity index (χ2v) is 5.39. The molecular weight excluding hydrogens is 326 g/mol. The molecule has 0 radical (unpaired) electrons. The number of nitriles is 1. The van der Waals surface area contributed by atoms with Crippen molar-refractivity contribution >= 4 is 34.6 Å². The van der Waals surface area contributed by atoms with Gasteiger partial charge in [0.15, 0.2) is 11.6 Å². The van der Waals surface area contributed by atoms with Crippen molar-refractivity contribution in [1.82, 2.24) is 0 Å². The number of hydrogen-bond donors (Lipinski definition) is 3. The third-order valence-corrected chi connectivity index (χ3v) is 3.52. The van der Waals surface area contributed by atoms with Gasteiger partial charge in [0.2, 0.25) is 5.71 Å². The minimum absolute atomic E-state index is 0.161. The Labute approximate surface area is 144 Å². The summed E-state index contributed by atoms with van der Waals surface area (Å²) in [6.07, 6.45) is 0. The predicted octanol–water partition coefficient (Wildman–Crippen LogP) is 3.11. The van der Waals surface area contributed by atoms with Gasteiger partial charge in [0, 0.05) is 11.1 Å². The number of nitrogens with zero attached hydrogens (tertiary/aromatic N) is 2. The van der Waals surface area contributed by atoms with Crippen LogP contribution in [0.4, 0.5) is 5.69 Å². The number of nitrogens with two attached hydrogens (primary N) is 1. The number of halogens is 1. The quantitative estimate of drug-likeness (QED) is 0.336. The minimum atomic E-state index is -0.465. The Morgan fingerprint density at radius 3 is 2.46 bits per heavy atom. The number of hydrogen-bond acceptors (Lipinski definition) is 5. The molecule has 2 rings (SSSR count). The first-order chi connectivity index (χ1) is 11.4. The van der Waals surface area contributed by atoms with Crippen LogP contribution in [-0.2, 0) is 0 Å². The fourth-order valence-electron chi connectivity index (χ4n) is 1.89. The Hall–Kier alpha value is -3.17. The van der Waals surface area contributed by atoms with Crippen molar-refractivity contribution in [3.05, 3.63) is 64.2 Å². The van der Waals surface area contributed by atoms with Crippen LogP contribution in [-0.4, -0.2) is 17.3 Å². The van der Waals surface area contributed by atoms with Crippen LogP contribution in [0.15, 0.2) is 47.6 Å². The molecule has 0 aliphatic rings. The number of rotatable bonds is 5. The van der Waals surface area contributed by atoms with E-state index < -0.39 is 5.84 Å². The Balaban J connectivity index is 2.31. The zero-order valence-electron chi connectivity index (χ0n) is 12.8. The lowest BCUT2D eigenvalue weighted by Gasteiger charge is -2.07. The number of hydrazone groups is 1. The summed E-state index contributed by atoms with van der Waals surface area (Å²) in [5.41, 5.74) is 9.88. The van der Waals surface area contributed by atoms with Gasteiger partial charge in [-0.05, 0) is 25.1 Å². The summed E-state index contributed by atoms with van der Waals surface area (Å²) in [5.74, 6) is -0.626. The van der Waals surface area contributed by atoms with Gasteiger partial charge < -0.3 is 5.73 Å². The summed E-state index contributed by atoms with van der Waals surface area (Å²) in [4.78, 5) is 12.5. The molecule has 4 N–H and O–H groups in total. The fourth-order valence-corrected chi connectivity index (χ4v) is 2.05. The van der Waals surface area contributed by atoms with Crippen LogP contribution in [0.3, 0.4) is 0 Å². The van der Waals surface area contributed by atoms with Gasteiger partial charge in [-0.25, -0.2) is 0 Å². The first-order valence-electron chi connectivity index (χ1n) is 6.91. The van der Waals surface area contributed by atoms with E-state index in [1.807, 2.05) is 19.1 Å². The van der Waals surface area contributed by atoms with Crippen LogP contribution in [0.5, 0.6) is 0 Å². The molecule has 7 heteroatoms. The summed E-state index contributed by atoms with van der Waals surface area (Å²) in [6, 6.07) is 13.6. The number of aryl methyl sites for hydroxylation is 1. The molecule has 0 atom stereocenters. The highest BCUT2D eigenvalue weighted by Crippen LogP contribution is 2.24. The second kappa shape index (κ2) is 7.40. The maximum absolute atomic E-state index is 12.5. The molecule has 2 aromatic rings. The van der Waals surface area contributed by atoms with Crippen molar-refractivity contribution in [3.63, 3.8) is 0 Å². The molecule has 24 heavy (non-hydrogen) atoms. The Bertz CT molecular complexity index is 866. The molecule has 0 amide bonds. The Kier molecular flexibility index (Phi) is 5.30. The third-order valence-electron chi connectivity index (χ3n) is 3.19. The van der Waals surface area contributed by atoms with E-state index in [9.17, 15) is 4.79 Å². The molecule has 0 saturated heterocycles. The molecule has 0 heterocycles. The van der Waals surface area contributed by atoms with E-state index >= 15 is 0 Å². The normalized spacial score (nSPS) is 10.8. The molecule has 0 spiro atoms. The van der Waals surface area contributed by atoms with Crippen LogP contribution >= 0.6 is 11.6 Å². The SMILES string of the molecule is Cc1ccc(C(=O)c2ccc(Cl)c(N/N=C(\C#N)C(=N)N)c2)cc1. The largest absolute Gasteiger partial charge is 0.382 e. The second-order valence-electron chi connectivity index (χ2n) is 4.99. The highest BCUT2D eigenvalue weighted by Gasteiger charge is 2.11. The van der Waals surface area contributed by atoms with Gasteiger partial charge >= 0.3 is 0 Å². The van der Waals surface area contributed by atoms with E-state index in [0.29, 0.717) is 21.8 Å². The number of amidine groups is 1. The van der Waals surface area contributed by atoms with E-state index in [-0.39, 0.29) is 11.5 Å². The summed E-state index contributed by atoms with van der Waals surface area (Å²) in [7, 11) is 0. The molecule has 120 valence electrons. The number of benzene rings is 2. The average Bonchev–Trinajstić information content (AvgIpc) is 2.56. The molecule has 2 aromatic carbocycles. The average molecular weight is 340 g/mol. The maximum atomic E-state index is 12.5. The first kappa shape index (κ1) is 17.2. The maximum Gasteiger partial charge on any atom is 0.201 e. The summed E-state index contributed by atoms with van der Waals surface area (Å²) in [6.45, 7) is 1.94. The van der Waals surface area contributed by atoms with Gasteiger partial charge in [0.1, 0.15) is 6.07 Å². The van der Waals surface area contributed by atoms with Crippen LogP contribution in [0.2, 0.25) is 5.02 Å². The smallest absolute Gasteiger partial charge is 0.201 e. The van der Waals surface area contributed by atoms with E-state index in [1.54, 1.807) is 30.3 Å². The predicted molar refractivity (Wildman–Crippen MR) is 94.6 cm³/mol. The lowest BCUT2D eigenvalue weighted by Crippen LogP contribution is -2.21. The Morgan fingerprint density at radius 1 is 1.25 bits per heavy atom. The van der Waals surface area contributed by atoms with Crippen molar-refractivity contribution in [1.29, 1.82) is 10.7 Å². The Morgan fingerprint density at radius 2 is 1.88 bits per heavy atom. The number of carbonyl (C=O) groups is 1. The fraction of sp³-hybridized carbons (Fsp3) is 0.0588. The monoisotopic (exact) mass is 339 g/mol. The highest BCUT2D eigenvalue weighted by molar-refractivity contribution is 6.46. The highest BCUT2D eigenvalue weighted by atomic mass is 35.5. The van der Waals surface area contributed by atoms with Gasteiger partial charge in [-0.15, -0.1) is 0 Å². The van der Waals surface area contributed by atoms with Crippen LogP contribution in [0.25, 0.3) is 0 Å². The van der Waals surface area contributed by atoms with Crippen molar-refractivity contribution in [2.75, 3.05) is 5.43 Å². The number of nitrogens with one attached hydrogen (secondary N) is 2. The summed E-state index contributed by atoms with van der Waals surface area (Å²) < 4.78 is 0. The third kappa shape index (κ3) is 3.97. The standard InChI is InChI=1S/C17H14ClN5O/c1-10-2-4-11(5-3-10)16(24)12-6-7-13(18)14(8-12)22-23-15(9-19)17(20)21/h2-8,22H,1H3,(H3,20,21)/b23-15+. The lowest BCUT2D eigenvalue weighted by molar-refractivity contribution is 0.103. The molecule has 0 aliphatic carbocycles. The molecule has 0 aromatic heterocycles. The van der Waals surface area contributed by atoms with Crippen molar-refractivity contribution < 1.29 is 4.79 Å². The van der Waals surface area contributed by atoms with Gasteiger partial charge in [-0.1, -0.05) is 41.4 Å². The van der Waals surface area contributed by atoms with E-state index in [0.717, 1.165) is 5.56 Å². The van der Waals surface area contributed by atoms with Crippen LogP contribution in [0.1, 0.15) is 21.5 Å². The zero-order chi connectivity index (χ0) is 17.7. The van der Waals surface area contributed by atoms with Gasteiger partial charge in [0.05, 0.1) is 10.7 Å². The van der Waals surface area contributed by atoms with Gasteiger partial charge in [-0.3, -0.25) is 15.6 Å². The van der Waals surface area contributed by atoms with Crippen molar-refractivity contribution in [3.8, 4) is 6.07 Å². The lowest BCUT2D eigenvalue weighted by atomic mass is 10.0. The van der Waals surface area contributed by atoms with Crippen molar-refractivity contribution in [2.45, 2.75) is 6.92 Å². The van der Waals surface area contributed by atoms with E-state index in [4.69, 9.17) is 28.0 Å². The van der Waals surface area contributed by atoms with Crippen LogP contribution < -0.4 is 11.2 Å². The van der Waals surface area contributed by atoms with E-state index in [1.165, 1.54) is 6.07 Å². The molecule has 6 nitrogen and oxygen atoms in total. The molecule has 0 fully saturated rings. The molecular formula is C17H14ClN5O. The van der Waals surface area contributed by atoms with Gasteiger partial charge in [-0.2, -0.15) is 10.4 Å².